The van der Waals surface area contributed by atoms with Crippen LogP contribution < -0.4 is 5.73 Å². The highest BCUT2D eigenvalue weighted by atomic mass is 16.2. The molecule has 1 heterocycles. The van der Waals surface area contributed by atoms with Gasteiger partial charge in [0.25, 0.3) is 0 Å². The lowest BCUT2D eigenvalue weighted by Crippen LogP contribution is -2.35. The van der Waals surface area contributed by atoms with Gasteiger partial charge in [0.2, 0.25) is 5.91 Å². The van der Waals surface area contributed by atoms with E-state index in [1.165, 1.54) is 11.1 Å². The molecule has 3 nitrogen and oxygen atoms in total. The van der Waals surface area contributed by atoms with Gasteiger partial charge in [-0.05, 0) is 25.3 Å². The monoisotopic (exact) mass is 218 g/mol. The topological polar surface area (TPSA) is 46.3 Å². The van der Waals surface area contributed by atoms with Crippen LogP contribution in [0.4, 0.5) is 0 Å². The van der Waals surface area contributed by atoms with Crippen molar-refractivity contribution in [3.8, 4) is 0 Å². The number of amides is 1. The number of carbonyl (C=O) groups excluding carboxylic acids is 1. The molecule has 0 radical (unpaired) electrons. The molecule has 16 heavy (non-hydrogen) atoms. The summed E-state index contributed by atoms with van der Waals surface area (Å²) in [6.07, 6.45) is 2.12. The molecule has 1 aliphatic heterocycles. The van der Waals surface area contributed by atoms with E-state index < -0.39 is 0 Å². The van der Waals surface area contributed by atoms with E-state index in [0.717, 1.165) is 19.4 Å². The zero-order valence-electron chi connectivity index (χ0n) is 9.65. The smallest absolute Gasteiger partial charge is 0.236 e. The van der Waals surface area contributed by atoms with Gasteiger partial charge in [-0.15, -0.1) is 0 Å². The molecule has 1 aromatic rings. The fraction of sp³-hybridized carbons (Fsp3) is 0.462. The van der Waals surface area contributed by atoms with Crippen LogP contribution >= 0.6 is 0 Å². The maximum atomic E-state index is 11.7. The van der Waals surface area contributed by atoms with Gasteiger partial charge < -0.3 is 10.6 Å². The molecule has 1 fully saturated rings. The number of aryl methyl sites for hydroxylation is 1. The minimum absolute atomic E-state index is 0.0584. The summed E-state index contributed by atoms with van der Waals surface area (Å²) in [7, 11) is 0. The predicted molar refractivity (Wildman–Crippen MR) is 63.9 cm³/mol. The molecule has 86 valence electrons. The molecule has 2 N–H and O–H groups in total. The van der Waals surface area contributed by atoms with Gasteiger partial charge in [-0.1, -0.05) is 29.8 Å². The third kappa shape index (κ3) is 2.09. The third-order valence-electron chi connectivity index (χ3n) is 3.21. The molecule has 1 amide bonds. The summed E-state index contributed by atoms with van der Waals surface area (Å²) < 4.78 is 0. The number of hydrogen-bond donors (Lipinski definition) is 1. The van der Waals surface area contributed by atoms with E-state index in [4.69, 9.17) is 5.73 Å². The molecule has 1 saturated heterocycles. The Morgan fingerprint density at radius 1 is 1.44 bits per heavy atom. The maximum Gasteiger partial charge on any atom is 0.236 e. The van der Waals surface area contributed by atoms with Crippen LogP contribution in [-0.4, -0.2) is 23.9 Å². The van der Waals surface area contributed by atoms with Gasteiger partial charge in [-0.25, -0.2) is 0 Å². The average Bonchev–Trinajstić information content (AvgIpc) is 2.78. The molecule has 1 aliphatic rings. The molecule has 1 unspecified atom stereocenters. The SMILES string of the molecule is Cc1ccc(C2CCCN2C(=O)CN)cc1. The molecule has 0 spiro atoms. The Hall–Kier alpha value is -1.35. The second-order valence-corrected chi connectivity index (χ2v) is 4.36. The van der Waals surface area contributed by atoms with Crippen molar-refractivity contribution in [3.05, 3.63) is 35.4 Å². The van der Waals surface area contributed by atoms with E-state index in [-0.39, 0.29) is 18.5 Å². The first-order valence-electron chi connectivity index (χ1n) is 5.78. The van der Waals surface area contributed by atoms with E-state index in [1.54, 1.807) is 0 Å². The Morgan fingerprint density at radius 3 is 2.75 bits per heavy atom. The first-order valence-corrected chi connectivity index (χ1v) is 5.78. The lowest BCUT2D eigenvalue weighted by molar-refractivity contribution is -0.130. The maximum absolute atomic E-state index is 11.7. The summed E-state index contributed by atoms with van der Waals surface area (Å²) in [5, 5.41) is 0. The number of benzene rings is 1. The Labute approximate surface area is 96.2 Å². The van der Waals surface area contributed by atoms with Crippen molar-refractivity contribution in [2.24, 2.45) is 5.73 Å². The Morgan fingerprint density at radius 2 is 2.12 bits per heavy atom. The molecule has 3 heteroatoms. The highest BCUT2D eigenvalue weighted by Gasteiger charge is 2.28. The van der Waals surface area contributed by atoms with Crippen molar-refractivity contribution in [2.45, 2.75) is 25.8 Å². The van der Waals surface area contributed by atoms with Gasteiger partial charge in [0.15, 0.2) is 0 Å². The molecule has 2 rings (SSSR count). The van der Waals surface area contributed by atoms with E-state index in [0.29, 0.717) is 0 Å². The first kappa shape index (κ1) is 11.1. The lowest BCUT2D eigenvalue weighted by atomic mass is 10.0. The largest absolute Gasteiger partial charge is 0.335 e. The van der Waals surface area contributed by atoms with Crippen LogP contribution in [0.5, 0.6) is 0 Å². The predicted octanol–water partition coefficient (Wildman–Crippen LogP) is 1.62. The quantitative estimate of drug-likeness (QED) is 0.820. The van der Waals surface area contributed by atoms with Crippen molar-refractivity contribution in [1.82, 2.24) is 4.90 Å². The number of likely N-dealkylation sites (tertiary alicyclic amines) is 1. The van der Waals surface area contributed by atoms with Gasteiger partial charge in [0, 0.05) is 6.54 Å². The van der Waals surface area contributed by atoms with Crippen LogP contribution in [0.2, 0.25) is 0 Å². The van der Waals surface area contributed by atoms with Crippen molar-refractivity contribution < 1.29 is 4.79 Å². The number of nitrogens with zero attached hydrogens (tertiary/aromatic N) is 1. The molecular formula is C13H18N2O. The molecule has 0 bridgehead atoms. The van der Waals surface area contributed by atoms with Gasteiger partial charge in [-0.3, -0.25) is 4.79 Å². The molecule has 1 aromatic carbocycles. The van der Waals surface area contributed by atoms with Crippen molar-refractivity contribution in [2.75, 3.05) is 13.1 Å². The lowest BCUT2D eigenvalue weighted by Gasteiger charge is -2.24. The van der Waals surface area contributed by atoms with Crippen molar-refractivity contribution in [3.63, 3.8) is 0 Å². The third-order valence-corrected chi connectivity index (χ3v) is 3.21. The zero-order chi connectivity index (χ0) is 11.5. The van der Waals surface area contributed by atoms with E-state index >= 15 is 0 Å². The molecule has 0 saturated carbocycles. The highest BCUT2D eigenvalue weighted by Crippen LogP contribution is 2.31. The first-order chi connectivity index (χ1) is 7.72. The number of rotatable bonds is 2. The van der Waals surface area contributed by atoms with Gasteiger partial charge in [-0.2, -0.15) is 0 Å². The Bertz CT molecular complexity index is 372. The molecular weight excluding hydrogens is 200 g/mol. The van der Waals surface area contributed by atoms with E-state index in [9.17, 15) is 4.79 Å². The van der Waals surface area contributed by atoms with Crippen molar-refractivity contribution >= 4 is 5.91 Å². The fourth-order valence-corrected chi connectivity index (χ4v) is 2.32. The van der Waals surface area contributed by atoms with Crippen LogP contribution in [0, 0.1) is 6.92 Å². The van der Waals surface area contributed by atoms with Crippen LogP contribution in [-0.2, 0) is 4.79 Å². The average molecular weight is 218 g/mol. The molecule has 1 atom stereocenters. The van der Waals surface area contributed by atoms with Crippen LogP contribution in [0.1, 0.15) is 30.0 Å². The van der Waals surface area contributed by atoms with Crippen molar-refractivity contribution in [1.29, 1.82) is 0 Å². The summed E-state index contributed by atoms with van der Waals surface area (Å²) in [5.74, 6) is 0.0584. The minimum atomic E-state index is 0.0584. The second kappa shape index (κ2) is 4.66. The number of hydrogen-bond acceptors (Lipinski definition) is 2. The van der Waals surface area contributed by atoms with Crippen LogP contribution in [0.15, 0.2) is 24.3 Å². The standard InChI is InChI=1S/C13H18N2O/c1-10-4-6-11(7-5-10)12-3-2-8-15(12)13(16)9-14/h4-7,12H,2-3,8-9,14H2,1H3. The summed E-state index contributed by atoms with van der Waals surface area (Å²) >= 11 is 0. The summed E-state index contributed by atoms with van der Waals surface area (Å²) in [5.41, 5.74) is 7.90. The summed E-state index contributed by atoms with van der Waals surface area (Å²) in [4.78, 5) is 13.6. The van der Waals surface area contributed by atoms with Gasteiger partial charge in [0.1, 0.15) is 0 Å². The summed E-state index contributed by atoms with van der Waals surface area (Å²) in [6, 6.07) is 8.65. The van der Waals surface area contributed by atoms with E-state index in [1.807, 2.05) is 4.90 Å². The van der Waals surface area contributed by atoms with Gasteiger partial charge in [0.05, 0.1) is 12.6 Å². The Kier molecular flexibility index (Phi) is 3.25. The van der Waals surface area contributed by atoms with E-state index in [2.05, 4.69) is 31.2 Å². The number of nitrogens with two attached hydrogens (primary N) is 1. The second-order valence-electron chi connectivity index (χ2n) is 4.36. The van der Waals surface area contributed by atoms with Gasteiger partial charge >= 0.3 is 0 Å². The molecule has 0 aliphatic carbocycles. The van der Waals surface area contributed by atoms with Crippen LogP contribution in [0.25, 0.3) is 0 Å². The Balaban J connectivity index is 2.19. The summed E-state index contributed by atoms with van der Waals surface area (Å²) in [6.45, 7) is 3.03. The van der Waals surface area contributed by atoms with Crippen LogP contribution in [0.3, 0.4) is 0 Å². The minimum Gasteiger partial charge on any atom is -0.335 e. The number of carbonyl (C=O) groups is 1. The normalized spacial score (nSPS) is 20.1. The zero-order valence-corrected chi connectivity index (χ0v) is 9.65. The fourth-order valence-electron chi connectivity index (χ4n) is 2.32. The highest BCUT2D eigenvalue weighted by molar-refractivity contribution is 5.78. The molecule has 0 aromatic heterocycles.